The van der Waals surface area contributed by atoms with Gasteiger partial charge in [0.05, 0.1) is 0 Å². The molecule has 0 heterocycles. The fraction of sp³-hybridized carbons (Fsp3) is 0.125. The summed E-state index contributed by atoms with van der Waals surface area (Å²) in [6.07, 6.45) is 0. The lowest BCUT2D eigenvalue weighted by molar-refractivity contribution is 0.105. The summed E-state index contributed by atoms with van der Waals surface area (Å²) < 4.78 is 4.54. The summed E-state index contributed by atoms with van der Waals surface area (Å²) in [4.78, 5) is 20.3. The van der Waals surface area contributed by atoms with Crippen LogP contribution in [-0.2, 0) is 4.52 Å². The van der Waals surface area contributed by atoms with Crippen molar-refractivity contribution in [1.29, 1.82) is 0 Å². The van der Waals surface area contributed by atoms with Gasteiger partial charge in [-0.25, -0.2) is 0 Å². The Morgan fingerprint density at radius 2 is 2.00 bits per heavy atom. The zero-order valence-corrected chi connectivity index (χ0v) is 7.49. The molecule has 4 heteroatoms. The molecule has 1 atom stereocenters. The number of rotatable bonds is 3. The zero-order valence-electron chi connectivity index (χ0n) is 6.60. The van der Waals surface area contributed by atoms with Crippen LogP contribution in [0, 0.1) is 0 Å². The van der Waals surface area contributed by atoms with Crippen molar-refractivity contribution >= 4 is 13.9 Å². The highest BCUT2D eigenvalue weighted by Crippen LogP contribution is 2.34. The average molecular weight is 184 g/mol. The second kappa shape index (κ2) is 4.31. The van der Waals surface area contributed by atoms with E-state index in [-0.39, 0.29) is 5.52 Å². The largest absolute Gasteiger partial charge is 0.344 e. The molecular formula is C8H9O3P. The summed E-state index contributed by atoms with van der Waals surface area (Å²) >= 11 is 0. The Bertz CT molecular complexity index is 260. The quantitative estimate of drug-likeness (QED) is 0.728. The standard InChI is InChI=1S/C8H9O3P/c1-11-12(10)8(9)7-5-3-2-4-6-7/h2-6,10H,1H3. The van der Waals surface area contributed by atoms with Crippen LogP contribution in [0.5, 0.6) is 0 Å². The predicted molar refractivity (Wildman–Crippen MR) is 46.9 cm³/mol. The van der Waals surface area contributed by atoms with E-state index in [1.807, 2.05) is 6.07 Å². The number of carbonyl (C=O) groups is 1. The molecule has 0 fully saturated rings. The summed E-state index contributed by atoms with van der Waals surface area (Å²) in [5.41, 5.74) is 0.126. The number of benzene rings is 1. The molecule has 0 radical (unpaired) electrons. The van der Waals surface area contributed by atoms with Gasteiger partial charge >= 0.3 is 0 Å². The van der Waals surface area contributed by atoms with E-state index < -0.39 is 8.38 Å². The highest BCUT2D eigenvalue weighted by Gasteiger charge is 2.16. The van der Waals surface area contributed by atoms with Crippen LogP contribution in [0.3, 0.4) is 0 Å². The molecule has 0 spiro atoms. The van der Waals surface area contributed by atoms with E-state index in [9.17, 15) is 4.79 Å². The van der Waals surface area contributed by atoms with Crippen LogP contribution >= 0.6 is 8.38 Å². The van der Waals surface area contributed by atoms with E-state index in [1.165, 1.54) is 7.11 Å². The first-order valence-corrected chi connectivity index (χ1v) is 4.59. The average Bonchev–Trinajstić information content (AvgIpc) is 2.17. The highest BCUT2D eigenvalue weighted by atomic mass is 31.2. The molecule has 3 nitrogen and oxygen atoms in total. The lowest BCUT2D eigenvalue weighted by Gasteiger charge is -2.04. The molecule has 0 aliphatic carbocycles. The first-order valence-electron chi connectivity index (χ1n) is 3.38. The fourth-order valence-electron chi connectivity index (χ4n) is 0.774. The third kappa shape index (κ3) is 2.11. The third-order valence-corrected chi connectivity index (χ3v) is 2.32. The minimum atomic E-state index is -1.95. The molecule has 0 aliphatic heterocycles. The van der Waals surface area contributed by atoms with E-state index in [2.05, 4.69) is 4.52 Å². The van der Waals surface area contributed by atoms with Crippen molar-refractivity contribution in [2.75, 3.05) is 7.11 Å². The van der Waals surface area contributed by atoms with E-state index >= 15 is 0 Å². The Hall–Kier alpha value is -0.760. The Balaban J connectivity index is 2.79. The summed E-state index contributed by atoms with van der Waals surface area (Å²) in [5, 5.41) is 0. The second-order valence-corrected chi connectivity index (χ2v) is 3.44. The van der Waals surface area contributed by atoms with Crippen LogP contribution < -0.4 is 0 Å². The van der Waals surface area contributed by atoms with Crippen LogP contribution in [0.1, 0.15) is 10.4 Å². The van der Waals surface area contributed by atoms with Crippen molar-refractivity contribution in [3.8, 4) is 0 Å². The molecule has 1 aromatic rings. The molecule has 0 amide bonds. The zero-order chi connectivity index (χ0) is 8.97. The molecule has 0 saturated heterocycles. The maximum Gasteiger partial charge on any atom is 0.245 e. The molecule has 1 unspecified atom stereocenters. The predicted octanol–water partition coefficient (Wildman–Crippen LogP) is 1.78. The summed E-state index contributed by atoms with van der Waals surface area (Å²) in [6, 6.07) is 8.58. The van der Waals surface area contributed by atoms with Gasteiger partial charge in [-0.15, -0.1) is 0 Å². The first kappa shape index (κ1) is 9.33. The number of hydrogen-bond acceptors (Lipinski definition) is 3. The monoisotopic (exact) mass is 184 g/mol. The van der Waals surface area contributed by atoms with Crippen molar-refractivity contribution in [3.05, 3.63) is 35.9 Å². The van der Waals surface area contributed by atoms with Gasteiger partial charge in [-0.2, -0.15) is 0 Å². The third-order valence-electron chi connectivity index (χ3n) is 1.37. The maximum atomic E-state index is 11.2. The van der Waals surface area contributed by atoms with E-state index in [0.29, 0.717) is 5.56 Å². The summed E-state index contributed by atoms with van der Waals surface area (Å²) in [6.45, 7) is 0. The van der Waals surface area contributed by atoms with Gasteiger partial charge < -0.3 is 9.42 Å². The minimum absolute atomic E-state index is 0.354. The van der Waals surface area contributed by atoms with Gasteiger partial charge in [0.15, 0.2) is 0 Å². The van der Waals surface area contributed by atoms with Crippen LogP contribution in [0.2, 0.25) is 0 Å². The molecule has 1 rings (SSSR count). The van der Waals surface area contributed by atoms with Crippen LogP contribution in [-0.4, -0.2) is 17.5 Å². The Labute approximate surface area is 71.9 Å². The van der Waals surface area contributed by atoms with Crippen LogP contribution in [0.15, 0.2) is 30.3 Å². The molecule has 0 bridgehead atoms. The fourth-order valence-corrected chi connectivity index (χ4v) is 1.31. The second-order valence-electron chi connectivity index (χ2n) is 2.13. The minimum Gasteiger partial charge on any atom is -0.344 e. The lowest BCUT2D eigenvalue weighted by atomic mass is 10.2. The molecule has 64 valence electrons. The number of carbonyl (C=O) groups excluding carboxylic acids is 1. The van der Waals surface area contributed by atoms with Gasteiger partial charge in [0.1, 0.15) is 0 Å². The maximum absolute atomic E-state index is 11.2. The van der Waals surface area contributed by atoms with Crippen molar-refractivity contribution in [1.82, 2.24) is 0 Å². The van der Waals surface area contributed by atoms with Crippen molar-refractivity contribution in [2.45, 2.75) is 0 Å². The molecule has 0 aromatic heterocycles. The van der Waals surface area contributed by atoms with Gasteiger partial charge in [0, 0.05) is 12.7 Å². The normalized spacial score (nSPS) is 12.5. The Morgan fingerprint density at radius 1 is 1.42 bits per heavy atom. The Kier molecular flexibility index (Phi) is 3.35. The van der Waals surface area contributed by atoms with Crippen LogP contribution in [0.4, 0.5) is 0 Å². The molecule has 0 aliphatic rings. The summed E-state index contributed by atoms with van der Waals surface area (Å²) in [7, 11) is -0.643. The highest BCUT2D eigenvalue weighted by molar-refractivity contribution is 7.66. The van der Waals surface area contributed by atoms with E-state index in [1.54, 1.807) is 24.3 Å². The van der Waals surface area contributed by atoms with E-state index in [4.69, 9.17) is 4.89 Å². The molecular weight excluding hydrogens is 175 g/mol. The van der Waals surface area contributed by atoms with Gasteiger partial charge in [-0.05, 0) is 0 Å². The van der Waals surface area contributed by atoms with Gasteiger partial charge in [-0.1, -0.05) is 30.3 Å². The molecule has 0 saturated carbocycles. The Morgan fingerprint density at radius 3 is 2.50 bits per heavy atom. The molecule has 12 heavy (non-hydrogen) atoms. The first-order chi connectivity index (χ1) is 5.75. The van der Waals surface area contributed by atoms with Crippen molar-refractivity contribution in [3.63, 3.8) is 0 Å². The van der Waals surface area contributed by atoms with Gasteiger partial charge in [0.25, 0.3) is 0 Å². The van der Waals surface area contributed by atoms with Crippen LogP contribution in [0.25, 0.3) is 0 Å². The molecule has 1 N–H and O–H groups in total. The van der Waals surface area contributed by atoms with Crippen molar-refractivity contribution < 1.29 is 14.2 Å². The SMILES string of the molecule is COP(O)C(=O)c1ccccc1. The lowest BCUT2D eigenvalue weighted by Crippen LogP contribution is -1.96. The van der Waals surface area contributed by atoms with Gasteiger partial charge in [-0.3, -0.25) is 4.79 Å². The molecule has 1 aromatic carbocycles. The van der Waals surface area contributed by atoms with Crippen molar-refractivity contribution in [2.24, 2.45) is 0 Å². The number of hydrogen-bond donors (Lipinski definition) is 1. The summed E-state index contributed by atoms with van der Waals surface area (Å²) in [5.74, 6) is 0. The van der Waals surface area contributed by atoms with E-state index in [0.717, 1.165) is 0 Å². The topological polar surface area (TPSA) is 46.5 Å². The smallest absolute Gasteiger partial charge is 0.245 e. The van der Waals surface area contributed by atoms with Gasteiger partial charge in [0.2, 0.25) is 13.9 Å².